The van der Waals surface area contributed by atoms with Gasteiger partial charge in [-0.25, -0.2) is 4.79 Å². The Balaban J connectivity index is 0.894. The van der Waals surface area contributed by atoms with Crippen molar-refractivity contribution >= 4 is 47.1 Å². The number of piperidine rings is 2. The Kier molecular flexibility index (Phi) is 20.8. The molecule has 2 fully saturated rings. The number of aryl methyl sites for hydroxylation is 1. The molecule has 0 bridgehead atoms. The number of carbonyl (C=O) groups excluding carboxylic acids is 7. The second kappa shape index (κ2) is 28.0. The maximum absolute atomic E-state index is 14.5. The Hall–Kier alpha value is -7.83. The van der Waals surface area contributed by atoms with E-state index < -0.39 is 53.7 Å². The van der Waals surface area contributed by atoms with Crippen LogP contribution in [0.25, 0.3) is 0 Å². The van der Waals surface area contributed by atoms with E-state index >= 15 is 0 Å². The average Bonchev–Trinajstić information content (AvgIpc) is 3.79. The lowest BCUT2D eigenvalue weighted by atomic mass is 9.91. The number of imide groups is 2. The lowest BCUT2D eigenvalue weighted by Crippen LogP contribution is -2.54. The van der Waals surface area contributed by atoms with Crippen LogP contribution >= 0.6 is 0 Å². The smallest absolute Gasteiger partial charge is 0.329 e. The Bertz CT molecular complexity index is 2780. The van der Waals surface area contributed by atoms with E-state index in [0.29, 0.717) is 96.6 Å². The largest absolute Gasteiger partial charge is 0.493 e. The number of hydrogen-bond donors (Lipinski definition) is 3. The van der Waals surface area contributed by atoms with Gasteiger partial charge >= 0.3 is 5.97 Å². The van der Waals surface area contributed by atoms with Gasteiger partial charge in [0.25, 0.3) is 17.7 Å². The lowest BCUT2D eigenvalue weighted by molar-refractivity contribution is -0.162. The van der Waals surface area contributed by atoms with Crippen LogP contribution in [0.1, 0.15) is 140 Å². The zero-order chi connectivity index (χ0) is 55.7. The molecule has 3 N–H and O–H groups in total. The fraction of sp³-hybridized carbons (Fsp3) is 0.475. The first kappa shape index (κ1) is 57.9. The Morgan fingerprint density at radius 2 is 1.42 bits per heavy atom. The van der Waals surface area contributed by atoms with Crippen LogP contribution in [0.3, 0.4) is 0 Å². The SMILES string of the molecule is CC[C@H](C(=O)N1CCCC[C@H]1C(=O)O[C@H](CCc1ccc(OC)c(OC)c1)c1cccc(OCC(=O)NCCCCCCCCNc2cccc3c2C(=O)N(C2CCC(=O)NC2=O)C3=O)c1)c1cc(OC)c(OC)c(OC)c1. The molecule has 7 rings (SSSR count). The maximum atomic E-state index is 14.5. The van der Waals surface area contributed by atoms with Gasteiger partial charge in [-0.1, -0.05) is 56.9 Å². The molecule has 6 amide bonds. The number of fused-ring (bicyclic) bond motifs is 1. The van der Waals surface area contributed by atoms with Gasteiger partial charge < -0.3 is 48.7 Å². The highest BCUT2D eigenvalue weighted by Gasteiger charge is 2.46. The third-order valence-corrected chi connectivity index (χ3v) is 14.6. The predicted molar refractivity (Wildman–Crippen MR) is 289 cm³/mol. The van der Waals surface area contributed by atoms with Crippen molar-refractivity contribution < 1.29 is 66.7 Å². The van der Waals surface area contributed by atoms with Crippen molar-refractivity contribution in [1.82, 2.24) is 20.4 Å². The first-order chi connectivity index (χ1) is 37.8. The highest BCUT2D eigenvalue weighted by molar-refractivity contribution is 6.25. The van der Waals surface area contributed by atoms with Gasteiger partial charge in [0.05, 0.1) is 52.6 Å². The molecule has 0 aliphatic carbocycles. The highest BCUT2D eigenvalue weighted by Crippen LogP contribution is 2.42. The van der Waals surface area contributed by atoms with Gasteiger partial charge in [0.1, 0.15) is 23.9 Å². The Labute approximate surface area is 455 Å². The van der Waals surface area contributed by atoms with Crippen molar-refractivity contribution in [3.8, 4) is 34.5 Å². The second-order valence-electron chi connectivity index (χ2n) is 19.6. The van der Waals surface area contributed by atoms with E-state index in [1.165, 1.54) is 21.3 Å². The summed E-state index contributed by atoms with van der Waals surface area (Å²) < 4.78 is 40.2. The summed E-state index contributed by atoms with van der Waals surface area (Å²) in [6.07, 6.45) is 8.12. The van der Waals surface area contributed by atoms with Crippen LogP contribution in [0.15, 0.2) is 72.8 Å². The van der Waals surface area contributed by atoms with E-state index in [1.54, 1.807) is 67.7 Å². The van der Waals surface area contributed by atoms with Gasteiger partial charge in [0.15, 0.2) is 29.6 Å². The number of esters is 1. The molecule has 1 unspecified atom stereocenters. The van der Waals surface area contributed by atoms with Gasteiger partial charge in [0, 0.05) is 31.7 Å². The maximum Gasteiger partial charge on any atom is 0.329 e. The molecule has 2 saturated heterocycles. The third kappa shape index (κ3) is 14.0. The summed E-state index contributed by atoms with van der Waals surface area (Å²) in [5.74, 6) is -0.823. The van der Waals surface area contributed by atoms with Crippen LogP contribution in [-0.2, 0) is 35.1 Å². The minimum atomic E-state index is -1.02. The monoisotopic (exact) mass is 1080 g/mol. The van der Waals surface area contributed by atoms with E-state index in [2.05, 4.69) is 16.0 Å². The standard InChI is InChI=1S/C59H73N5O14/c1-7-41(39-34-49(74-4)54(76-6)50(35-39)75-5)56(68)63-31-15-12-22-45(63)59(71)78-46(26-23-37-24-27-47(72-2)48(32-37)73-3)38-18-16-19-40(33-38)77-36-52(66)61-30-14-11-9-8-10-13-29-60-43-21-17-20-42-53(43)58(70)64(57(42)69)44-25-28-51(65)62-55(44)67/h16-21,24,27,32-35,41,44-46,60H,7-15,22-23,25-26,28-31,36H2,1-6H3,(H,61,66)(H,62,65,67)/t41-,44?,45-,46+/m0/s1. The molecular weight excluding hydrogens is 1000 g/mol. The number of unbranched alkanes of at least 4 members (excludes halogenated alkanes) is 5. The van der Waals surface area contributed by atoms with Crippen LogP contribution in [0, 0.1) is 0 Å². The zero-order valence-electron chi connectivity index (χ0n) is 45.6. The molecule has 3 aliphatic rings. The number of rotatable bonds is 28. The number of carbonyl (C=O) groups is 7. The van der Waals surface area contributed by atoms with Crippen molar-refractivity contribution in [3.05, 3.63) is 101 Å². The molecule has 0 spiro atoms. The molecule has 4 atom stereocenters. The molecule has 19 nitrogen and oxygen atoms in total. The molecule has 0 saturated carbocycles. The number of hydrogen-bond acceptors (Lipinski definition) is 15. The van der Waals surface area contributed by atoms with E-state index in [-0.39, 0.29) is 42.4 Å². The van der Waals surface area contributed by atoms with Gasteiger partial charge in [-0.05, 0) is 123 Å². The fourth-order valence-electron chi connectivity index (χ4n) is 10.4. The normalized spacial score (nSPS) is 16.8. The van der Waals surface area contributed by atoms with E-state index in [0.717, 1.165) is 61.8 Å². The summed E-state index contributed by atoms with van der Waals surface area (Å²) >= 11 is 0. The molecular formula is C59H73N5O14. The Morgan fingerprint density at radius 1 is 0.718 bits per heavy atom. The lowest BCUT2D eigenvalue weighted by Gasteiger charge is -2.37. The van der Waals surface area contributed by atoms with Crippen molar-refractivity contribution in [1.29, 1.82) is 0 Å². The van der Waals surface area contributed by atoms with Crippen LogP contribution in [-0.4, -0.2) is 125 Å². The fourth-order valence-corrected chi connectivity index (χ4v) is 10.4. The molecule has 4 aromatic carbocycles. The Morgan fingerprint density at radius 3 is 2.12 bits per heavy atom. The first-order valence-electron chi connectivity index (χ1n) is 26.9. The summed E-state index contributed by atoms with van der Waals surface area (Å²) in [6.45, 7) is 3.19. The number of nitrogens with zero attached hydrogens (tertiary/aromatic N) is 2. The number of ether oxygens (including phenoxy) is 7. The summed E-state index contributed by atoms with van der Waals surface area (Å²) in [5.41, 5.74) is 3.31. The summed E-state index contributed by atoms with van der Waals surface area (Å²) in [5, 5.41) is 8.46. The summed E-state index contributed by atoms with van der Waals surface area (Å²) in [4.78, 5) is 95.3. The zero-order valence-corrected chi connectivity index (χ0v) is 45.6. The van der Waals surface area contributed by atoms with Crippen LogP contribution in [0.2, 0.25) is 0 Å². The number of anilines is 1. The number of benzene rings is 4. The van der Waals surface area contributed by atoms with Crippen molar-refractivity contribution in [2.45, 2.75) is 121 Å². The van der Waals surface area contributed by atoms with Crippen molar-refractivity contribution in [2.75, 3.05) is 67.1 Å². The topological polar surface area (TPSA) is 227 Å². The van der Waals surface area contributed by atoms with Crippen LogP contribution in [0.4, 0.5) is 5.69 Å². The summed E-state index contributed by atoms with van der Waals surface area (Å²) in [6, 6.07) is 19.6. The van der Waals surface area contributed by atoms with E-state index in [4.69, 9.17) is 33.2 Å². The van der Waals surface area contributed by atoms with Crippen LogP contribution in [0.5, 0.6) is 34.5 Å². The van der Waals surface area contributed by atoms with Gasteiger partial charge in [-0.3, -0.25) is 39.0 Å². The highest BCUT2D eigenvalue weighted by atomic mass is 16.5. The molecule has 418 valence electrons. The van der Waals surface area contributed by atoms with E-state index in [1.807, 2.05) is 31.2 Å². The van der Waals surface area contributed by atoms with Crippen molar-refractivity contribution in [2.24, 2.45) is 0 Å². The van der Waals surface area contributed by atoms with Gasteiger partial charge in [-0.15, -0.1) is 0 Å². The third-order valence-electron chi connectivity index (χ3n) is 14.6. The van der Waals surface area contributed by atoms with Crippen molar-refractivity contribution in [3.63, 3.8) is 0 Å². The number of nitrogens with one attached hydrogen (secondary N) is 3. The molecule has 3 aliphatic heterocycles. The minimum absolute atomic E-state index is 0.0578. The molecule has 0 aromatic heterocycles. The predicted octanol–water partition coefficient (Wildman–Crippen LogP) is 7.87. The quantitative estimate of drug-likeness (QED) is 0.0279. The first-order valence-corrected chi connectivity index (χ1v) is 26.9. The number of amides is 6. The molecule has 0 radical (unpaired) electrons. The molecule has 78 heavy (non-hydrogen) atoms. The minimum Gasteiger partial charge on any atom is -0.493 e. The molecule has 4 aromatic rings. The number of methoxy groups -OCH3 is 5. The number of likely N-dealkylation sites (tertiary alicyclic amines) is 1. The second-order valence-corrected chi connectivity index (χ2v) is 19.6. The summed E-state index contributed by atoms with van der Waals surface area (Å²) in [7, 11) is 7.72. The van der Waals surface area contributed by atoms with Gasteiger partial charge in [0.2, 0.25) is 23.5 Å². The van der Waals surface area contributed by atoms with Gasteiger partial charge in [-0.2, -0.15) is 0 Å². The van der Waals surface area contributed by atoms with E-state index in [9.17, 15) is 33.6 Å². The van der Waals surface area contributed by atoms with Crippen LogP contribution < -0.4 is 44.4 Å². The average molecular weight is 1080 g/mol. The molecule has 3 heterocycles. The molecule has 19 heteroatoms.